The number of nitrogens with zero attached hydrogens (tertiary/aromatic N) is 1. The zero-order chi connectivity index (χ0) is 12.2. The van der Waals surface area contributed by atoms with Gasteiger partial charge in [0, 0.05) is 23.7 Å². The maximum absolute atomic E-state index is 12.2. The number of rotatable bonds is 4. The molecule has 1 nitrogen and oxygen atoms in total. The van der Waals surface area contributed by atoms with Gasteiger partial charge in [-0.15, -0.1) is 11.6 Å². The summed E-state index contributed by atoms with van der Waals surface area (Å²) in [7, 11) is 0. The minimum atomic E-state index is -4.32. The molecule has 0 amide bonds. The molecule has 90 valence electrons. The van der Waals surface area contributed by atoms with Crippen LogP contribution in [0.4, 0.5) is 13.2 Å². The molecule has 0 spiro atoms. The van der Waals surface area contributed by atoms with Crippen molar-refractivity contribution >= 4 is 11.6 Å². The molecule has 1 aromatic rings. The molecular formula is C11H13ClF3N. The number of hydrogen-bond acceptors (Lipinski definition) is 1. The minimum absolute atomic E-state index is 0.0609. The zero-order valence-electron chi connectivity index (χ0n) is 8.89. The van der Waals surface area contributed by atoms with E-state index in [0.717, 1.165) is 25.1 Å². The number of aromatic nitrogens is 1. The van der Waals surface area contributed by atoms with Gasteiger partial charge in [-0.3, -0.25) is 4.98 Å². The average Bonchev–Trinajstić information content (AvgIpc) is 2.17. The van der Waals surface area contributed by atoms with Gasteiger partial charge in [0.25, 0.3) is 0 Å². The summed E-state index contributed by atoms with van der Waals surface area (Å²) in [5.74, 6) is 0. The van der Waals surface area contributed by atoms with Crippen LogP contribution < -0.4 is 0 Å². The van der Waals surface area contributed by atoms with Gasteiger partial charge in [0.05, 0.1) is 5.56 Å². The molecule has 1 unspecified atom stereocenters. The van der Waals surface area contributed by atoms with Gasteiger partial charge in [0.15, 0.2) is 0 Å². The van der Waals surface area contributed by atoms with Gasteiger partial charge in [-0.2, -0.15) is 13.2 Å². The summed E-state index contributed by atoms with van der Waals surface area (Å²) in [4.78, 5) is 3.76. The van der Waals surface area contributed by atoms with Crippen molar-refractivity contribution in [1.82, 2.24) is 4.98 Å². The van der Waals surface area contributed by atoms with Crippen molar-refractivity contribution in [3.8, 4) is 0 Å². The highest BCUT2D eigenvalue weighted by Crippen LogP contribution is 2.28. The normalized spacial score (nSPS) is 13.8. The molecule has 1 rings (SSSR count). The molecule has 0 saturated heterocycles. The van der Waals surface area contributed by atoms with Crippen LogP contribution in [-0.2, 0) is 12.6 Å². The Morgan fingerprint density at radius 3 is 2.50 bits per heavy atom. The summed E-state index contributed by atoms with van der Waals surface area (Å²) in [6.45, 7) is 2.01. The molecule has 0 bridgehead atoms. The second-order valence-electron chi connectivity index (χ2n) is 3.63. The zero-order valence-corrected chi connectivity index (χ0v) is 9.65. The van der Waals surface area contributed by atoms with E-state index < -0.39 is 11.7 Å². The Bertz CT molecular complexity index is 321. The highest BCUT2D eigenvalue weighted by Gasteiger charge is 2.30. The maximum atomic E-state index is 12.2. The third-order valence-corrected chi connectivity index (χ3v) is 2.56. The van der Waals surface area contributed by atoms with Crippen molar-refractivity contribution < 1.29 is 13.2 Å². The van der Waals surface area contributed by atoms with Crippen molar-refractivity contribution in [1.29, 1.82) is 0 Å². The van der Waals surface area contributed by atoms with Crippen LogP contribution in [0.25, 0.3) is 0 Å². The predicted molar refractivity (Wildman–Crippen MR) is 57.5 cm³/mol. The van der Waals surface area contributed by atoms with Crippen LogP contribution in [0.15, 0.2) is 18.3 Å². The SMILES string of the molecule is CCCC(Cl)Cc1ccc(C(F)(F)F)cn1. The van der Waals surface area contributed by atoms with E-state index in [0.29, 0.717) is 12.1 Å². The summed E-state index contributed by atoms with van der Waals surface area (Å²) in [5, 5.41) is -0.0609. The molecule has 0 radical (unpaired) electrons. The smallest absolute Gasteiger partial charge is 0.261 e. The molecule has 1 atom stereocenters. The third-order valence-electron chi connectivity index (χ3n) is 2.18. The summed E-state index contributed by atoms with van der Waals surface area (Å²) in [6, 6.07) is 2.42. The summed E-state index contributed by atoms with van der Waals surface area (Å²) < 4.78 is 36.7. The Morgan fingerprint density at radius 2 is 2.06 bits per heavy atom. The first-order valence-corrected chi connectivity index (χ1v) is 5.53. The molecule has 1 aromatic heterocycles. The summed E-state index contributed by atoms with van der Waals surface area (Å²) in [6.07, 6.45) is -1.17. The first kappa shape index (κ1) is 13.3. The van der Waals surface area contributed by atoms with Crippen molar-refractivity contribution in [3.05, 3.63) is 29.6 Å². The van der Waals surface area contributed by atoms with E-state index in [9.17, 15) is 13.2 Å². The van der Waals surface area contributed by atoms with Crippen molar-refractivity contribution in [2.45, 2.75) is 37.7 Å². The lowest BCUT2D eigenvalue weighted by atomic mass is 10.1. The van der Waals surface area contributed by atoms with Crippen LogP contribution in [-0.4, -0.2) is 10.4 Å². The quantitative estimate of drug-likeness (QED) is 0.736. The van der Waals surface area contributed by atoms with E-state index in [1.165, 1.54) is 6.07 Å². The first-order chi connectivity index (χ1) is 7.43. The second kappa shape index (κ2) is 5.53. The third kappa shape index (κ3) is 4.00. The Kier molecular flexibility index (Phi) is 4.59. The standard InChI is InChI=1S/C11H13ClF3N/c1-2-3-9(12)6-10-5-4-8(7-16-10)11(13,14)15/h4-5,7,9H,2-3,6H2,1H3. The van der Waals surface area contributed by atoms with E-state index in [1.54, 1.807) is 0 Å². The molecule has 16 heavy (non-hydrogen) atoms. The predicted octanol–water partition coefficient (Wildman–Crippen LogP) is 4.05. The lowest BCUT2D eigenvalue weighted by molar-refractivity contribution is -0.137. The van der Waals surface area contributed by atoms with E-state index in [-0.39, 0.29) is 5.38 Å². The van der Waals surface area contributed by atoms with E-state index in [2.05, 4.69) is 4.98 Å². The molecule has 0 fully saturated rings. The van der Waals surface area contributed by atoms with Gasteiger partial charge in [-0.05, 0) is 18.6 Å². The van der Waals surface area contributed by atoms with Gasteiger partial charge in [0.2, 0.25) is 0 Å². The topological polar surface area (TPSA) is 12.9 Å². The van der Waals surface area contributed by atoms with Crippen LogP contribution in [0.2, 0.25) is 0 Å². The molecule has 0 N–H and O–H groups in total. The minimum Gasteiger partial charge on any atom is -0.261 e. The second-order valence-corrected chi connectivity index (χ2v) is 4.24. The highest BCUT2D eigenvalue weighted by atomic mass is 35.5. The summed E-state index contributed by atoms with van der Waals surface area (Å²) >= 11 is 5.98. The number of alkyl halides is 4. The van der Waals surface area contributed by atoms with E-state index in [1.807, 2.05) is 6.92 Å². The van der Waals surface area contributed by atoms with Crippen LogP contribution >= 0.6 is 11.6 Å². The van der Waals surface area contributed by atoms with Gasteiger partial charge in [0.1, 0.15) is 0 Å². The van der Waals surface area contributed by atoms with Crippen LogP contribution in [0.3, 0.4) is 0 Å². The van der Waals surface area contributed by atoms with E-state index >= 15 is 0 Å². The van der Waals surface area contributed by atoms with Gasteiger partial charge < -0.3 is 0 Å². The Balaban J connectivity index is 2.65. The fourth-order valence-corrected chi connectivity index (χ4v) is 1.73. The molecule has 0 aliphatic heterocycles. The maximum Gasteiger partial charge on any atom is 0.417 e. The first-order valence-electron chi connectivity index (χ1n) is 5.09. The van der Waals surface area contributed by atoms with Gasteiger partial charge in [-0.25, -0.2) is 0 Å². The largest absolute Gasteiger partial charge is 0.417 e. The molecule has 5 heteroatoms. The van der Waals surface area contributed by atoms with Crippen molar-refractivity contribution in [3.63, 3.8) is 0 Å². The van der Waals surface area contributed by atoms with Crippen molar-refractivity contribution in [2.24, 2.45) is 0 Å². The van der Waals surface area contributed by atoms with Crippen molar-refractivity contribution in [2.75, 3.05) is 0 Å². The summed E-state index contributed by atoms with van der Waals surface area (Å²) in [5.41, 5.74) is -0.126. The fourth-order valence-electron chi connectivity index (χ4n) is 1.36. The number of halogens is 4. The van der Waals surface area contributed by atoms with E-state index in [4.69, 9.17) is 11.6 Å². The lowest BCUT2D eigenvalue weighted by Gasteiger charge is -2.09. The van der Waals surface area contributed by atoms with Crippen LogP contribution in [0.5, 0.6) is 0 Å². The Morgan fingerprint density at radius 1 is 1.38 bits per heavy atom. The molecule has 0 aliphatic carbocycles. The monoisotopic (exact) mass is 251 g/mol. The molecule has 0 aromatic carbocycles. The van der Waals surface area contributed by atoms with Crippen LogP contribution in [0.1, 0.15) is 31.0 Å². The number of pyridine rings is 1. The highest BCUT2D eigenvalue weighted by molar-refractivity contribution is 6.20. The van der Waals surface area contributed by atoms with Gasteiger partial charge in [-0.1, -0.05) is 13.3 Å². The van der Waals surface area contributed by atoms with Gasteiger partial charge >= 0.3 is 6.18 Å². The Labute approximate surface area is 97.6 Å². The molecular weight excluding hydrogens is 239 g/mol. The lowest BCUT2D eigenvalue weighted by Crippen LogP contribution is -2.08. The van der Waals surface area contributed by atoms with Crippen LogP contribution in [0, 0.1) is 0 Å². The average molecular weight is 252 g/mol. The molecule has 1 heterocycles. The number of hydrogen-bond donors (Lipinski definition) is 0. The molecule has 0 saturated carbocycles. The Hall–Kier alpha value is -0.770. The fraction of sp³-hybridized carbons (Fsp3) is 0.545. The molecule has 0 aliphatic rings.